The molecule has 2 aromatic rings. The molecule has 0 aliphatic carbocycles. The number of amides is 1. The van der Waals surface area contributed by atoms with E-state index >= 15 is 0 Å². The zero-order valence-corrected chi connectivity index (χ0v) is 13.8. The summed E-state index contributed by atoms with van der Waals surface area (Å²) >= 11 is 0. The molecule has 2 N–H and O–H groups in total. The summed E-state index contributed by atoms with van der Waals surface area (Å²) in [6, 6.07) is 9.32. The lowest BCUT2D eigenvalue weighted by molar-refractivity contribution is 0.102. The molecule has 0 spiro atoms. The van der Waals surface area contributed by atoms with Crippen molar-refractivity contribution >= 4 is 17.4 Å². The number of aromatic nitrogens is 2. The second-order valence-electron chi connectivity index (χ2n) is 5.64. The molecule has 2 rings (SSSR count). The Morgan fingerprint density at radius 3 is 2.74 bits per heavy atom. The highest BCUT2D eigenvalue weighted by Gasteiger charge is 2.10. The van der Waals surface area contributed by atoms with Crippen LogP contribution in [-0.2, 0) is 0 Å². The summed E-state index contributed by atoms with van der Waals surface area (Å²) in [6.45, 7) is 3.75. The molecule has 0 saturated carbocycles. The number of para-hydroxylation sites is 1. The summed E-state index contributed by atoms with van der Waals surface area (Å²) in [4.78, 5) is 22.6. The zero-order chi connectivity index (χ0) is 16.7. The number of carbonyl (C=O) groups excluding carboxylic acids is 1. The third kappa shape index (κ3) is 5.34. The van der Waals surface area contributed by atoms with E-state index in [2.05, 4.69) is 25.5 Å². The summed E-state index contributed by atoms with van der Waals surface area (Å²) in [5.41, 5.74) is 2.15. The van der Waals surface area contributed by atoms with Crippen LogP contribution in [-0.4, -0.2) is 48.0 Å². The van der Waals surface area contributed by atoms with Crippen molar-refractivity contribution in [2.75, 3.05) is 37.8 Å². The van der Waals surface area contributed by atoms with Crippen molar-refractivity contribution in [3.8, 4) is 0 Å². The van der Waals surface area contributed by atoms with E-state index < -0.39 is 0 Å². The van der Waals surface area contributed by atoms with Gasteiger partial charge in [0.15, 0.2) is 0 Å². The number of anilines is 2. The van der Waals surface area contributed by atoms with Gasteiger partial charge >= 0.3 is 0 Å². The maximum atomic E-state index is 12.3. The van der Waals surface area contributed by atoms with Crippen LogP contribution in [0.5, 0.6) is 0 Å². The van der Waals surface area contributed by atoms with Crippen molar-refractivity contribution in [2.24, 2.45) is 0 Å². The Balaban J connectivity index is 1.96. The Hall–Kier alpha value is -2.47. The summed E-state index contributed by atoms with van der Waals surface area (Å²) in [6.07, 6.45) is 2.41. The minimum atomic E-state index is -0.238. The first-order valence-corrected chi connectivity index (χ1v) is 7.64. The largest absolute Gasteiger partial charge is 0.370 e. The van der Waals surface area contributed by atoms with Gasteiger partial charge in [-0.25, -0.2) is 9.97 Å². The standard InChI is InChI=1S/C17H23N5O/c1-13-7-4-5-8-14(13)21-17(23)15-11-16(20-12-19-15)18-9-6-10-22(2)3/h4-5,7-8,11-12H,6,9-10H2,1-3H3,(H,21,23)(H,18,19,20). The van der Waals surface area contributed by atoms with Crippen LogP contribution in [0.25, 0.3) is 0 Å². The van der Waals surface area contributed by atoms with E-state index in [1.54, 1.807) is 6.07 Å². The van der Waals surface area contributed by atoms with E-state index in [0.29, 0.717) is 11.5 Å². The Labute approximate surface area is 137 Å². The van der Waals surface area contributed by atoms with Crippen molar-refractivity contribution in [2.45, 2.75) is 13.3 Å². The fourth-order valence-electron chi connectivity index (χ4n) is 2.09. The number of nitrogens with one attached hydrogen (secondary N) is 2. The maximum absolute atomic E-state index is 12.3. The van der Waals surface area contributed by atoms with E-state index in [9.17, 15) is 4.79 Å². The second-order valence-corrected chi connectivity index (χ2v) is 5.64. The summed E-state index contributed by atoms with van der Waals surface area (Å²) in [7, 11) is 4.08. The Kier molecular flexibility index (Phi) is 6.05. The summed E-state index contributed by atoms with van der Waals surface area (Å²) < 4.78 is 0. The van der Waals surface area contributed by atoms with Crippen LogP contribution in [0.1, 0.15) is 22.5 Å². The van der Waals surface area contributed by atoms with Crippen LogP contribution in [0.4, 0.5) is 11.5 Å². The lowest BCUT2D eigenvalue weighted by Crippen LogP contribution is -2.17. The first-order chi connectivity index (χ1) is 11.1. The van der Waals surface area contributed by atoms with Crippen molar-refractivity contribution in [1.29, 1.82) is 0 Å². The monoisotopic (exact) mass is 313 g/mol. The van der Waals surface area contributed by atoms with Crippen LogP contribution >= 0.6 is 0 Å². The third-order valence-corrected chi connectivity index (χ3v) is 3.38. The second kappa shape index (κ2) is 8.24. The SMILES string of the molecule is Cc1ccccc1NC(=O)c1cc(NCCCN(C)C)ncn1. The number of hydrogen-bond acceptors (Lipinski definition) is 5. The molecule has 122 valence electrons. The molecule has 0 aliphatic heterocycles. The first-order valence-electron chi connectivity index (χ1n) is 7.64. The van der Waals surface area contributed by atoms with Gasteiger partial charge in [-0.05, 0) is 45.6 Å². The third-order valence-electron chi connectivity index (χ3n) is 3.38. The molecule has 0 saturated heterocycles. The highest BCUT2D eigenvalue weighted by Crippen LogP contribution is 2.14. The van der Waals surface area contributed by atoms with Crippen molar-refractivity contribution in [1.82, 2.24) is 14.9 Å². The highest BCUT2D eigenvalue weighted by atomic mass is 16.1. The number of rotatable bonds is 7. The normalized spacial score (nSPS) is 10.6. The zero-order valence-electron chi connectivity index (χ0n) is 13.8. The molecule has 1 aromatic carbocycles. The fraction of sp³-hybridized carbons (Fsp3) is 0.353. The van der Waals surface area contributed by atoms with Gasteiger partial charge in [0.2, 0.25) is 0 Å². The average Bonchev–Trinajstić information content (AvgIpc) is 2.54. The molecule has 1 aromatic heterocycles. The Bertz CT molecular complexity index is 657. The quantitative estimate of drug-likeness (QED) is 0.768. The Morgan fingerprint density at radius 2 is 2.00 bits per heavy atom. The molecular weight excluding hydrogens is 290 g/mol. The fourth-order valence-corrected chi connectivity index (χ4v) is 2.09. The average molecular weight is 313 g/mol. The number of hydrogen-bond donors (Lipinski definition) is 2. The molecule has 6 heteroatoms. The van der Waals surface area contributed by atoms with Gasteiger partial charge in [-0.2, -0.15) is 0 Å². The highest BCUT2D eigenvalue weighted by molar-refractivity contribution is 6.03. The van der Waals surface area contributed by atoms with E-state index in [1.807, 2.05) is 45.3 Å². The van der Waals surface area contributed by atoms with E-state index in [4.69, 9.17) is 0 Å². The topological polar surface area (TPSA) is 70.2 Å². The van der Waals surface area contributed by atoms with Crippen molar-refractivity contribution < 1.29 is 4.79 Å². The minimum Gasteiger partial charge on any atom is -0.370 e. The molecule has 0 atom stereocenters. The molecule has 0 aliphatic rings. The van der Waals surface area contributed by atoms with Crippen LogP contribution < -0.4 is 10.6 Å². The molecule has 0 unspecified atom stereocenters. The van der Waals surface area contributed by atoms with Crippen LogP contribution in [0.2, 0.25) is 0 Å². The number of nitrogens with zero attached hydrogens (tertiary/aromatic N) is 3. The van der Waals surface area contributed by atoms with E-state index in [1.165, 1.54) is 6.33 Å². The lowest BCUT2D eigenvalue weighted by atomic mass is 10.2. The first kappa shape index (κ1) is 16.9. The van der Waals surface area contributed by atoms with E-state index in [0.717, 1.165) is 30.8 Å². The van der Waals surface area contributed by atoms with Gasteiger partial charge in [0.05, 0.1) is 0 Å². The van der Waals surface area contributed by atoms with Gasteiger partial charge in [-0.15, -0.1) is 0 Å². The van der Waals surface area contributed by atoms with Crippen LogP contribution in [0.15, 0.2) is 36.7 Å². The van der Waals surface area contributed by atoms with Gasteiger partial charge in [0.1, 0.15) is 17.8 Å². The molecular formula is C17H23N5O. The predicted molar refractivity (Wildman–Crippen MR) is 92.8 cm³/mol. The Morgan fingerprint density at radius 1 is 1.22 bits per heavy atom. The number of carbonyl (C=O) groups is 1. The molecule has 1 amide bonds. The molecule has 23 heavy (non-hydrogen) atoms. The smallest absolute Gasteiger partial charge is 0.274 e. The summed E-state index contributed by atoms with van der Waals surface area (Å²) in [5, 5.41) is 6.08. The van der Waals surface area contributed by atoms with Crippen LogP contribution in [0, 0.1) is 6.92 Å². The lowest BCUT2D eigenvalue weighted by Gasteiger charge is -2.11. The van der Waals surface area contributed by atoms with E-state index in [-0.39, 0.29) is 5.91 Å². The number of aryl methyl sites for hydroxylation is 1. The van der Waals surface area contributed by atoms with Gasteiger partial charge in [-0.3, -0.25) is 4.79 Å². The molecule has 0 bridgehead atoms. The molecule has 0 fully saturated rings. The maximum Gasteiger partial charge on any atom is 0.274 e. The van der Waals surface area contributed by atoms with Gasteiger partial charge in [0.25, 0.3) is 5.91 Å². The van der Waals surface area contributed by atoms with Crippen molar-refractivity contribution in [3.63, 3.8) is 0 Å². The molecule has 1 heterocycles. The minimum absolute atomic E-state index is 0.238. The molecule has 0 radical (unpaired) electrons. The summed E-state index contributed by atoms with van der Waals surface area (Å²) in [5.74, 6) is 0.423. The van der Waals surface area contributed by atoms with Gasteiger partial charge in [0, 0.05) is 18.3 Å². The van der Waals surface area contributed by atoms with Gasteiger partial charge < -0.3 is 15.5 Å². The molecule has 6 nitrogen and oxygen atoms in total. The number of benzene rings is 1. The predicted octanol–water partition coefficient (Wildman–Crippen LogP) is 2.40. The van der Waals surface area contributed by atoms with Crippen molar-refractivity contribution in [3.05, 3.63) is 47.9 Å². The van der Waals surface area contributed by atoms with Gasteiger partial charge in [-0.1, -0.05) is 18.2 Å². The van der Waals surface area contributed by atoms with Crippen LogP contribution in [0.3, 0.4) is 0 Å².